The van der Waals surface area contributed by atoms with Crippen molar-refractivity contribution in [2.24, 2.45) is 0 Å². The molecule has 0 aromatic heterocycles. The topological polar surface area (TPSA) is 29.1 Å². The van der Waals surface area contributed by atoms with Crippen molar-refractivity contribution in [2.75, 3.05) is 0 Å². The molecule has 2 aliphatic rings. The predicted octanol–water partition coefficient (Wildman–Crippen LogP) is 3.11. The summed E-state index contributed by atoms with van der Waals surface area (Å²) in [5, 5.41) is 2.81. The van der Waals surface area contributed by atoms with Crippen LogP contribution in [0.4, 0.5) is 4.39 Å². The molecule has 3 rings (SSSR count). The molecule has 0 radical (unpaired) electrons. The van der Waals surface area contributed by atoms with E-state index in [1.165, 1.54) is 18.4 Å². The lowest BCUT2D eigenvalue weighted by atomic mass is 10.1. The second-order valence-corrected chi connectivity index (χ2v) is 5.81. The summed E-state index contributed by atoms with van der Waals surface area (Å²) in [5.41, 5.74) is 2.39. The van der Waals surface area contributed by atoms with Gasteiger partial charge < -0.3 is 5.32 Å². The molecule has 2 nitrogen and oxygen atoms in total. The summed E-state index contributed by atoms with van der Waals surface area (Å²) in [7, 11) is 0. The van der Waals surface area contributed by atoms with Crippen LogP contribution in [0.2, 0.25) is 0 Å². The van der Waals surface area contributed by atoms with Gasteiger partial charge >= 0.3 is 0 Å². The van der Waals surface area contributed by atoms with Crippen molar-refractivity contribution in [1.82, 2.24) is 5.32 Å². The summed E-state index contributed by atoms with van der Waals surface area (Å²) < 4.78 is 13.4. The summed E-state index contributed by atoms with van der Waals surface area (Å²) in [4.78, 5) is 11.9. The van der Waals surface area contributed by atoms with E-state index < -0.39 is 6.17 Å². The van der Waals surface area contributed by atoms with Gasteiger partial charge in [-0.3, -0.25) is 4.79 Å². The Bertz CT molecular complexity index is 452. The van der Waals surface area contributed by atoms with Crippen LogP contribution in [0.25, 0.3) is 0 Å². The molecule has 2 saturated carbocycles. The Hall–Kier alpha value is -1.38. The van der Waals surface area contributed by atoms with E-state index in [0.29, 0.717) is 12.8 Å². The van der Waals surface area contributed by atoms with Crippen LogP contribution in [0.1, 0.15) is 49.1 Å². The van der Waals surface area contributed by atoms with Crippen molar-refractivity contribution < 1.29 is 9.18 Å². The first kappa shape index (κ1) is 12.6. The van der Waals surface area contributed by atoms with Gasteiger partial charge in [0.05, 0.1) is 12.5 Å². The van der Waals surface area contributed by atoms with Crippen LogP contribution < -0.4 is 5.32 Å². The summed E-state index contributed by atoms with van der Waals surface area (Å²) in [6.45, 7) is 0. The van der Waals surface area contributed by atoms with Crippen LogP contribution >= 0.6 is 0 Å². The number of rotatable bonds is 4. The highest BCUT2D eigenvalue weighted by molar-refractivity contribution is 5.79. The van der Waals surface area contributed by atoms with E-state index >= 15 is 0 Å². The second kappa shape index (κ2) is 5.32. The molecule has 2 atom stereocenters. The average molecular weight is 261 g/mol. The van der Waals surface area contributed by atoms with Gasteiger partial charge in [-0.1, -0.05) is 24.3 Å². The molecule has 0 unspecified atom stereocenters. The van der Waals surface area contributed by atoms with Crippen molar-refractivity contribution in [3.63, 3.8) is 0 Å². The van der Waals surface area contributed by atoms with Crippen LogP contribution in [0.15, 0.2) is 24.3 Å². The standard InChI is InChI=1S/C16H20FNO/c17-14-2-1-3-15(14)18-16(19)10-11-4-6-12(7-5-11)13-8-9-13/h4-7,13-15H,1-3,8-10H2,(H,18,19)/t14-,15-/m0/s1. The molecule has 102 valence electrons. The van der Waals surface area contributed by atoms with Crippen LogP contribution in [0.3, 0.4) is 0 Å². The quantitative estimate of drug-likeness (QED) is 0.886. The first-order valence-corrected chi connectivity index (χ1v) is 7.24. The third-order valence-electron chi connectivity index (χ3n) is 4.17. The maximum Gasteiger partial charge on any atom is 0.224 e. The fraction of sp³-hybridized carbons (Fsp3) is 0.562. The first-order valence-electron chi connectivity index (χ1n) is 7.24. The highest BCUT2D eigenvalue weighted by atomic mass is 19.1. The van der Waals surface area contributed by atoms with E-state index in [2.05, 4.69) is 17.4 Å². The Morgan fingerprint density at radius 1 is 1.16 bits per heavy atom. The second-order valence-electron chi connectivity index (χ2n) is 5.81. The van der Waals surface area contributed by atoms with Gasteiger partial charge in [-0.2, -0.15) is 0 Å². The van der Waals surface area contributed by atoms with Crippen LogP contribution in [-0.2, 0) is 11.2 Å². The SMILES string of the molecule is O=C(Cc1ccc(C2CC2)cc1)N[C@H]1CCC[C@@H]1F. The Morgan fingerprint density at radius 3 is 2.47 bits per heavy atom. The van der Waals surface area contributed by atoms with E-state index in [0.717, 1.165) is 24.3 Å². The van der Waals surface area contributed by atoms with Crippen LogP contribution in [-0.4, -0.2) is 18.1 Å². The Kier molecular flexibility index (Phi) is 3.54. The van der Waals surface area contributed by atoms with Crippen LogP contribution in [0, 0.1) is 0 Å². The van der Waals surface area contributed by atoms with Crippen molar-refractivity contribution in [3.05, 3.63) is 35.4 Å². The smallest absolute Gasteiger partial charge is 0.224 e. The fourth-order valence-electron chi connectivity index (χ4n) is 2.84. The van der Waals surface area contributed by atoms with Gasteiger partial charge in [0.1, 0.15) is 6.17 Å². The van der Waals surface area contributed by atoms with Crippen molar-refractivity contribution in [2.45, 2.75) is 56.7 Å². The molecule has 0 bridgehead atoms. The minimum absolute atomic E-state index is 0.0614. The third-order valence-corrected chi connectivity index (χ3v) is 4.17. The van der Waals surface area contributed by atoms with Crippen molar-refractivity contribution in [1.29, 1.82) is 0 Å². The monoisotopic (exact) mass is 261 g/mol. The molecule has 3 heteroatoms. The number of carbonyl (C=O) groups excluding carboxylic acids is 1. The Morgan fingerprint density at radius 2 is 1.89 bits per heavy atom. The number of halogens is 1. The molecule has 0 spiro atoms. The molecule has 2 fully saturated rings. The van der Waals surface area contributed by atoms with Gasteiger partial charge in [-0.25, -0.2) is 4.39 Å². The van der Waals surface area contributed by atoms with Gasteiger partial charge in [0.15, 0.2) is 0 Å². The highest BCUT2D eigenvalue weighted by Gasteiger charge is 2.28. The number of amides is 1. The molecular formula is C16H20FNO. The summed E-state index contributed by atoms with van der Waals surface area (Å²) >= 11 is 0. The van der Waals surface area contributed by atoms with Crippen molar-refractivity contribution >= 4 is 5.91 Å². The van der Waals surface area contributed by atoms with E-state index in [1.54, 1.807) is 0 Å². The van der Waals surface area contributed by atoms with E-state index in [-0.39, 0.29) is 11.9 Å². The zero-order chi connectivity index (χ0) is 13.2. The third kappa shape index (κ3) is 3.14. The van der Waals surface area contributed by atoms with E-state index in [1.807, 2.05) is 12.1 Å². The number of hydrogen-bond donors (Lipinski definition) is 1. The molecule has 0 heterocycles. The lowest BCUT2D eigenvalue weighted by Crippen LogP contribution is -2.39. The molecule has 1 aromatic carbocycles. The maximum absolute atomic E-state index is 13.4. The molecule has 1 aromatic rings. The lowest BCUT2D eigenvalue weighted by molar-refractivity contribution is -0.121. The molecule has 19 heavy (non-hydrogen) atoms. The maximum atomic E-state index is 13.4. The minimum Gasteiger partial charge on any atom is -0.350 e. The normalized spacial score (nSPS) is 26.4. The average Bonchev–Trinajstić information content (AvgIpc) is 3.16. The number of benzene rings is 1. The zero-order valence-corrected chi connectivity index (χ0v) is 11.1. The number of alkyl halides is 1. The zero-order valence-electron chi connectivity index (χ0n) is 11.1. The first-order chi connectivity index (χ1) is 9.22. The summed E-state index contributed by atoms with van der Waals surface area (Å²) in [6.07, 6.45) is 4.31. The van der Waals surface area contributed by atoms with E-state index in [4.69, 9.17) is 0 Å². The van der Waals surface area contributed by atoms with Gasteiger partial charge in [0.2, 0.25) is 5.91 Å². The molecule has 1 N–H and O–H groups in total. The molecule has 0 saturated heterocycles. The fourth-order valence-corrected chi connectivity index (χ4v) is 2.84. The Balaban J connectivity index is 1.53. The van der Waals surface area contributed by atoms with E-state index in [9.17, 15) is 9.18 Å². The molecule has 0 aliphatic heterocycles. The predicted molar refractivity (Wildman–Crippen MR) is 72.8 cm³/mol. The minimum atomic E-state index is -0.860. The number of nitrogens with one attached hydrogen (secondary N) is 1. The molecule has 1 amide bonds. The van der Waals surface area contributed by atoms with Gasteiger partial charge in [-0.05, 0) is 49.1 Å². The highest BCUT2D eigenvalue weighted by Crippen LogP contribution is 2.39. The number of hydrogen-bond acceptors (Lipinski definition) is 1. The summed E-state index contributed by atoms with van der Waals surface area (Å²) in [5.74, 6) is 0.683. The van der Waals surface area contributed by atoms with Gasteiger partial charge in [-0.15, -0.1) is 0 Å². The van der Waals surface area contributed by atoms with Gasteiger partial charge in [0.25, 0.3) is 0 Å². The number of carbonyl (C=O) groups is 1. The van der Waals surface area contributed by atoms with Crippen LogP contribution in [0.5, 0.6) is 0 Å². The largest absolute Gasteiger partial charge is 0.350 e. The molecular weight excluding hydrogens is 241 g/mol. The molecule has 2 aliphatic carbocycles. The van der Waals surface area contributed by atoms with Crippen molar-refractivity contribution in [3.8, 4) is 0 Å². The summed E-state index contributed by atoms with van der Waals surface area (Å²) in [6, 6.07) is 8.02. The van der Waals surface area contributed by atoms with Gasteiger partial charge in [0, 0.05) is 0 Å². The Labute approximate surface area is 113 Å². The lowest BCUT2D eigenvalue weighted by Gasteiger charge is -2.14.